The molecule has 1 aromatic heterocycles. The van der Waals surface area contributed by atoms with Gasteiger partial charge in [0.05, 0.1) is 20.3 Å². The Hall–Kier alpha value is -1.76. The molecule has 0 aliphatic carbocycles. The number of halogens is 1. The second-order valence-corrected chi connectivity index (χ2v) is 5.06. The maximum atomic E-state index is 5.81. The predicted octanol–water partition coefficient (Wildman–Crippen LogP) is 2.58. The third-order valence-electron chi connectivity index (χ3n) is 2.64. The summed E-state index contributed by atoms with van der Waals surface area (Å²) in [6, 6.07) is 3.90. The average molecular weight is 341 g/mol. The molecule has 2 aromatic rings. The molecule has 0 amide bonds. The molecule has 1 N–H and O–H groups in total. The van der Waals surface area contributed by atoms with Crippen LogP contribution in [0.3, 0.4) is 0 Å². The fraction of sp³-hybridized carbons (Fsp3) is 0.385. The van der Waals surface area contributed by atoms with Crippen LogP contribution < -0.4 is 14.9 Å². The van der Waals surface area contributed by atoms with E-state index in [0.717, 1.165) is 22.2 Å². The molecule has 0 spiro atoms. The number of nitrogens with zero attached hydrogens (tertiary/aromatic N) is 3. The van der Waals surface area contributed by atoms with Crippen LogP contribution >= 0.6 is 15.9 Å². The van der Waals surface area contributed by atoms with Crippen molar-refractivity contribution in [3.05, 3.63) is 34.8 Å². The quantitative estimate of drug-likeness (QED) is 0.839. The molecule has 6 nitrogen and oxygen atoms in total. The molecule has 0 unspecified atom stereocenters. The summed E-state index contributed by atoms with van der Waals surface area (Å²) in [5.74, 6) is 1.48. The predicted molar refractivity (Wildman–Crippen MR) is 79.6 cm³/mol. The van der Waals surface area contributed by atoms with Crippen LogP contribution in [0.15, 0.2) is 29.3 Å². The maximum Gasteiger partial charge on any atom is 0.166 e. The molecule has 0 saturated carbocycles. The van der Waals surface area contributed by atoms with Gasteiger partial charge in [0.25, 0.3) is 0 Å². The molecule has 1 heterocycles. The number of aromatic nitrogens is 3. The Morgan fingerprint density at radius 3 is 2.70 bits per heavy atom. The van der Waals surface area contributed by atoms with Crippen molar-refractivity contribution < 1.29 is 9.47 Å². The van der Waals surface area contributed by atoms with E-state index in [1.54, 1.807) is 24.4 Å². The van der Waals surface area contributed by atoms with Gasteiger partial charge in [-0.2, -0.15) is 0 Å². The van der Waals surface area contributed by atoms with Crippen LogP contribution in [-0.4, -0.2) is 28.6 Å². The Bertz CT molecular complexity index is 546. The number of ether oxygens (including phenoxy) is 2. The van der Waals surface area contributed by atoms with E-state index in [2.05, 4.69) is 38.5 Å². The average Bonchev–Trinajstić information content (AvgIpc) is 2.96. The molecule has 0 fully saturated rings. The van der Waals surface area contributed by atoms with E-state index in [-0.39, 0.29) is 0 Å². The van der Waals surface area contributed by atoms with Gasteiger partial charge in [0, 0.05) is 10.0 Å². The van der Waals surface area contributed by atoms with Crippen molar-refractivity contribution >= 4 is 15.9 Å². The fourth-order valence-corrected chi connectivity index (χ4v) is 2.22. The normalized spacial score (nSPS) is 10.3. The fourth-order valence-electron chi connectivity index (χ4n) is 1.73. The van der Waals surface area contributed by atoms with Gasteiger partial charge in [-0.3, -0.25) is 0 Å². The highest BCUT2D eigenvalue weighted by Gasteiger charge is 2.12. The van der Waals surface area contributed by atoms with Crippen molar-refractivity contribution in [3.63, 3.8) is 0 Å². The number of hydrogen-bond acceptors (Lipinski definition) is 5. The molecule has 20 heavy (non-hydrogen) atoms. The molecule has 2 rings (SSSR count). The van der Waals surface area contributed by atoms with Crippen molar-refractivity contribution in [2.75, 3.05) is 19.1 Å². The van der Waals surface area contributed by atoms with Crippen LogP contribution in [-0.2, 0) is 6.54 Å². The lowest BCUT2D eigenvalue weighted by Gasteiger charge is -2.16. The molecular formula is C13H17BrN4O2. The summed E-state index contributed by atoms with van der Waals surface area (Å²) >= 11 is 3.48. The third kappa shape index (κ3) is 3.63. The molecular weight excluding hydrogens is 324 g/mol. The summed E-state index contributed by atoms with van der Waals surface area (Å²) in [6.07, 6.45) is 4.14. The molecule has 0 aliphatic rings. The zero-order valence-corrected chi connectivity index (χ0v) is 13.1. The van der Waals surface area contributed by atoms with Crippen molar-refractivity contribution in [2.24, 2.45) is 0 Å². The van der Waals surface area contributed by atoms with Crippen LogP contribution in [0, 0.1) is 0 Å². The summed E-state index contributed by atoms with van der Waals surface area (Å²) in [7, 11) is 1.64. The van der Waals surface area contributed by atoms with Crippen LogP contribution in [0.1, 0.15) is 18.9 Å². The van der Waals surface area contributed by atoms with E-state index in [1.807, 2.05) is 12.1 Å². The second-order valence-electron chi connectivity index (χ2n) is 4.15. The first kappa shape index (κ1) is 14.6. The largest absolute Gasteiger partial charge is 0.493 e. The Labute approximate surface area is 126 Å². The minimum Gasteiger partial charge on any atom is -0.493 e. The Kier molecular flexibility index (Phi) is 5.23. The smallest absolute Gasteiger partial charge is 0.166 e. The highest BCUT2D eigenvalue weighted by molar-refractivity contribution is 9.10. The first-order valence-corrected chi connectivity index (χ1v) is 7.11. The third-order valence-corrected chi connectivity index (χ3v) is 3.10. The first-order chi connectivity index (χ1) is 9.74. The minimum absolute atomic E-state index is 0.576. The van der Waals surface area contributed by atoms with Gasteiger partial charge in [0.15, 0.2) is 11.5 Å². The topological polar surface area (TPSA) is 61.2 Å². The summed E-state index contributed by atoms with van der Waals surface area (Å²) in [4.78, 5) is 0. The Balaban J connectivity index is 2.21. The number of hydrogen-bond donors (Lipinski definition) is 1. The molecule has 7 heteroatoms. The highest BCUT2D eigenvalue weighted by Crippen LogP contribution is 2.35. The number of methoxy groups -OCH3 is 1. The van der Waals surface area contributed by atoms with Gasteiger partial charge in [0.1, 0.15) is 12.7 Å². The highest BCUT2D eigenvalue weighted by atomic mass is 79.9. The number of nitrogens with one attached hydrogen (secondary N) is 1. The van der Waals surface area contributed by atoms with Crippen LogP contribution in [0.5, 0.6) is 11.5 Å². The van der Waals surface area contributed by atoms with Gasteiger partial charge in [0.2, 0.25) is 0 Å². The van der Waals surface area contributed by atoms with Crippen LogP contribution in [0.4, 0.5) is 0 Å². The lowest BCUT2D eigenvalue weighted by Crippen LogP contribution is -2.13. The van der Waals surface area contributed by atoms with E-state index in [4.69, 9.17) is 9.47 Å². The van der Waals surface area contributed by atoms with E-state index >= 15 is 0 Å². The van der Waals surface area contributed by atoms with Gasteiger partial charge >= 0.3 is 0 Å². The molecule has 0 bridgehead atoms. The number of benzene rings is 1. The molecule has 0 saturated heterocycles. The van der Waals surface area contributed by atoms with Crippen molar-refractivity contribution in [1.29, 1.82) is 0 Å². The van der Waals surface area contributed by atoms with E-state index in [1.165, 1.54) is 0 Å². The molecule has 0 aliphatic heterocycles. The Morgan fingerprint density at radius 1 is 1.30 bits per heavy atom. The van der Waals surface area contributed by atoms with Gasteiger partial charge in [-0.15, -0.1) is 10.2 Å². The summed E-state index contributed by atoms with van der Waals surface area (Å²) < 4.78 is 13.8. The van der Waals surface area contributed by atoms with Crippen LogP contribution in [0.2, 0.25) is 0 Å². The lowest BCUT2D eigenvalue weighted by molar-refractivity contribution is 0.291. The van der Waals surface area contributed by atoms with E-state index in [9.17, 15) is 0 Å². The van der Waals surface area contributed by atoms with Crippen molar-refractivity contribution in [3.8, 4) is 11.5 Å². The van der Waals surface area contributed by atoms with Gasteiger partial charge in [-0.05, 0) is 18.6 Å². The monoisotopic (exact) mass is 340 g/mol. The van der Waals surface area contributed by atoms with E-state index < -0.39 is 0 Å². The van der Waals surface area contributed by atoms with E-state index in [0.29, 0.717) is 18.9 Å². The van der Waals surface area contributed by atoms with Crippen molar-refractivity contribution in [1.82, 2.24) is 14.9 Å². The SMILES string of the molecule is CCCOc1c(CNn2cnnc2)cc(Br)cc1OC. The summed E-state index contributed by atoms with van der Waals surface area (Å²) in [5, 5.41) is 7.49. The molecule has 108 valence electrons. The van der Waals surface area contributed by atoms with Gasteiger partial charge in [-0.1, -0.05) is 22.9 Å². The van der Waals surface area contributed by atoms with Crippen LogP contribution in [0.25, 0.3) is 0 Å². The molecule has 0 radical (unpaired) electrons. The standard InChI is InChI=1S/C13H17BrN4O2/c1-3-4-20-13-10(5-11(14)6-12(13)19-2)7-17-18-8-15-16-9-18/h5-6,8-9,17H,3-4,7H2,1-2H3. The minimum atomic E-state index is 0.576. The summed E-state index contributed by atoms with van der Waals surface area (Å²) in [6.45, 7) is 3.30. The summed E-state index contributed by atoms with van der Waals surface area (Å²) in [5.41, 5.74) is 4.17. The zero-order chi connectivity index (χ0) is 14.4. The first-order valence-electron chi connectivity index (χ1n) is 6.32. The second kappa shape index (κ2) is 7.14. The Morgan fingerprint density at radius 2 is 2.05 bits per heavy atom. The lowest BCUT2D eigenvalue weighted by atomic mass is 10.2. The van der Waals surface area contributed by atoms with Gasteiger partial charge < -0.3 is 14.9 Å². The number of rotatable bonds is 7. The van der Waals surface area contributed by atoms with Crippen molar-refractivity contribution in [2.45, 2.75) is 19.9 Å². The van der Waals surface area contributed by atoms with Gasteiger partial charge in [-0.25, -0.2) is 4.68 Å². The molecule has 1 aromatic carbocycles. The molecule has 0 atom stereocenters. The zero-order valence-electron chi connectivity index (χ0n) is 11.5. The maximum absolute atomic E-state index is 5.81.